The van der Waals surface area contributed by atoms with Crippen molar-refractivity contribution in [3.8, 4) is 0 Å². The van der Waals surface area contributed by atoms with Gasteiger partial charge in [0.1, 0.15) is 11.6 Å². The Kier molecular flexibility index (Phi) is 5.94. The van der Waals surface area contributed by atoms with Crippen LogP contribution < -0.4 is 10.4 Å². The van der Waals surface area contributed by atoms with Crippen LogP contribution in [0, 0.1) is 11.3 Å². The molecule has 7 heteroatoms. The van der Waals surface area contributed by atoms with Crippen LogP contribution in [0.15, 0.2) is 24.3 Å². The monoisotopic (exact) mass is 456 g/mol. The molecule has 180 valence electrons. The van der Waals surface area contributed by atoms with E-state index in [0.717, 1.165) is 25.7 Å². The number of hydroxylamine groups is 1. The number of nitrogens with zero attached hydrogens (tertiary/aromatic N) is 1. The van der Waals surface area contributed by atoms with Crippen molar-refractivity contribution in [1.29, 1.82) is 0 Å². The number of benzene rings is 1. The van der Waals surface area contributed by atoms with E-state index in [-0.39, 0.29) is 11.7 Å². The zero-order valence-corrected chi connectivity index (χ0v) is 20.6. The van der Waals surface area contributed by atoms with E-state index in [0.29, 0.717) is 17.9 Å². The molecule has 0 bridgehead atoms. The van der Waals surface area contributed by atoms with Gasteiger partial charge < -0.3 is 10.1 Å². The molecule has 2 heterocycles. The van der Waals surface area contributed by atoms with E-state index in [4.69, 9.17) is 9.57 Å². The van der Waals surface area contributed by atoms with Gasteiger partial charge in [-0.1, -0.05) is 58.2 Å². The van der Waals surface area contributed by atoms with E-state index >= 15 is 0 Å². The second-order valence-corrected chi connectivity index (χ2v) is 11.0. The molecule has 2 amide bonds. The number of amides is 2. The smallest absolute Gasteiger partial charge is 0.274 e. The highest BCUT2D eigenvalue weighted by Gasteiger charge is 2.83. The zero-order chi connectivity index (χ0) is 24.2. The highest BCUT2D eigenvalue weighted by Crippen LogP contribution is 2.68. The van der Waals surface area contributed by atoms with E-state index in [1.807, 2.05) is 52.8 Å². The van der Waals surface area contributed by atoms with Gasteiger partial charge in [-0.15, -0.1) is 0 Å². The van der Waals surface area contributed by atoms with E-state index < -0.39 is 40.4 Å². The first kappa shape index (κ1) is 23.9. The molecule has 3 aliphatic rings. The lowest BCUT2D eigenvalue weighted by atomic mass is 9.79. The summed E-state index contributed by atoms with van der Waals surface area (Å²) < 4.78 is 6.38. The van der Waals surface area contributed by atoms with E-state index in [1.165, 1.54) is 5.06 Å². The molecule has 1 aromatic carbocycles. The van der Waals surface area contributed by atoms with E-state index in [1.54, 1.807) is 6.07 Å². The van der Waals surface area contributed by atoms with Gasteiger partial charge in [0.25, 0.3) is 5.91 Å². The van der Waals surface area contributed by atoms with Gasteiger partial charge in [0, 0.05) is 5.41 Å². The molecule has 3 unspecified atom stereocenters. The van der Waals surface area contributed by atoms with E-state index in [9.17, 15) is 14.4 Å². The average molecular weight is 457 g/mol. The summed E-state index contributed by atoms with van der Waals surface area (Å²) in [6, 6.07) is 6.29. The third-order valence-corrected chi connectivity index (χ3v) is 7.19. The molecule has 4 rings (SSSR count). The van der Waals surface area contributed by atoms with Crippen molar-refractivity contribution in [2.24, 2.45) is 11.3 Å². The first-order valence-electron chi connectivity index (χ1n) is 12.1. The third-order valence-electron chi connectivity index (χ3n) is 7.19. The van der Waals surface area contributed by atoms with Gasteiger partial charge in [0.15, 0.2) is 5.78 Å². The molecule has 1 aliphatic carbocycles. The molecule has 7 nitrogen and oxygen atoms in total. The molecule has 2 aliphatic heterocycles. The number of carbonyl (C=O) groups excluding carboxylic acids is 3. The van der Waals surface area contributed by atoms with Gasteiger partial charge >= 0.3 is 0 Å². The highest BCUT2D eigenvalue weighted by atomic mass is 16.7. The predicted octanol–water partition coefficient (Wildman–Crippen LogP) is 3.91. The minimum absolute atomic E-state index is 0.209. The number of nitrogens with one attached hydrogen (secondary N) is 1. The number of fused-ring (bicyclic) bond motifs is 4. The molecule has 1 saturated carbocycles. The van der Waals surface area contributed by atoms with Crippen molar-refractivity contribution in [2.75, 3.05) is 11.7 Å². The fraction of sp³-hybridized carbons (Fsp3) is 0.654. The summed E-state index contributed by atoms with van der Waals surface area (Å²) in [5.74, 6) is -2.42. The lowest BCUT2D eigenvalue weighted by molar-refractivity contribution is -0.155. The Morgan fingerprint density at radius 3 is 2.42 bits per heavy atom. The maximum absolute atomic E-state index is 14.2. The Morgan fingerprint density at radius 1 is 1.06 bits per heavy atom. The van der Waals surface area contributed by atoms with Crippen molar-refractivity contribution in [2.45, 2.75) is 90.4 Å². The number of hydrogen-bond donors (Lipinski definition) is 1. The summed E-state index contributed by atoms with van der Waals surface area (Å²) in [4.78, 5) is 47.0. The van der Waals surface area contributed by atoms with Gasteiger partial charge in [-0.2, -0.15) is 5.06 Å². The maximum Gasteiger partial charge on any atom is 0.274 e. The largest absolute Gasteiger partial charge is 0.360 e. The van der Waals surface area contributed by atoms with Crippen LogP contribution in [0.3, 0.4) is 0 Å². The molecule has 1 aromatic rings. The van der Waals surface area contributed by atoms with Crippen LogP contribution >= 0.6 is 0 Å². The van der Waals surface area contributed by atoms with Crippen molar-refractivity contribution >= 4 is 23.3 Å². The normalized spacial score (nSPS) is 30.2. The Balaban J connectivity index is 1.73. The fourth-order valence-electron chi connectivity index (χ4n) is 5.65. The number of para-hydroxylation sites is 1. The SMILES string of the molecule is CCCCCCON1C(=O)[C@H]2NC(=O)C3C(C)(C)C3(OC(C)(C)C)C(=O)C2c2ccccc21. The minimum atomic E-state index is -1.27. The predicted molar refractivity (Wildman–Crippen MR) is 125 cm³/mol. The average Bonchev–Trinajstić information content (AvgIpc) is 3.25. The summed E-state index contributed by atoms with van der Waals surface area (Å²) in [5, 5.41) is 4.16. The van der Waals surface area contributed by atoms with Crippen LogP contribution in [0.5, 0.6) is 0 Å². The molecule has 1 N–H and O–H groups in total. The first-order chi connectivity index (χ1) is 15.5. The molecule has 0 spiro atoms. The van der Waals surface area contributed by atoms with Crippen LogP contribution in [0.25, 0.3) is 0 Å². The third kappa shape index (κ3) is 3.69. The summed E-state index contributed by atoms with van der Waals surface area (Å²) in [6.45, 7) is 12.0. The van der Waals surface area contributed by atoms with Gasteiger partial charge in [0.2, 0.25) is 5.91 Å². The van der Waals surface area contributed by atoms with Crippen LogP contribution in [0.2, 0.25) is 0 Å². The second kappa shape index (κ2) is 8.20. The van der Waals surface area contributed by atoms with Crippen LogP contribution in [0.4, 0.5) is 5.69 Å². The summed E-state index contributed by atoms with van der Waals surface area (Å²) in [7, 11) is 0. The van der Waals surface area contributed by atoms with Gasteiger partial charge in [-0.3, -0.25) is 19.2 Å². The summed E-state index contributed by atoms with van der Waals surface area (Å²) >= 11 is 0. The van der Waals surface area contributed by atoms with Crippen LogP contribution in [-0.2, 0) is 24.0 Å². The first-order valence-corrected chi connectivity index (χ1v) is 12.1. The lowest BCUT2D eigenvalue weighted by Crippen LogP contribution is -2.57. The molecular formula is C26H36N2O5. The van der Waals surface area contributed by atoms with Gasteiger partial charge in [-0.05, 0) is 38.8 Å². The highest BCUT2D eigenvalue weighted by molar-refractivity contribution is 6.15. The number of ether oxygens (including phenoxy) is 1. The van der Waals surface area contributed by atoms with Gasteiger partial charge in [-0.25, -0.2) is 0 Å². The Hall–Kier alpha value is -2.25. The maximum atomic E-state index is 14.2. The number of hydrogen-bond acceptors (Lipinski definition) is 5. The summed E-state index contributed by atoms with van der Waals surface area (Å²) in [5.41, 5.74) is -1.33. The van der Waals surface area contributed by atoms with Crippen LogP contribution in [0.1, 0.15) is 78.7 Å². The van der Waals surface area contributed by atoms with E-state index in [2.05, 4.69) is 12.2 Å². The van der Waals surface area contributed by atoms with Crippen LogP contribution in [-0.4, -0.2) is 41.4 Å². The molecule has 0 radical (unpaired) electrons. The minimum Gasteiger partial charge on any atom is -0.360 e. The number of unbranched alkanes of at least 4 members (excludes halogenated alkanes) is 3. The standard InChI is InChI=1S/C26H36N2O5/c1-7-8-9-12-15-32-28-17-14-11-10-13-16(17)18-19(23(28)31)27-22(30)20-25(5,6)26(20,21(18)29)33-24(2,3)4/h10-11,13-14,18-20H,7-9,12,15H2,1-6H3,(H,27,30)/t18?,19-,20?,26?/m0/s1. The number of ketones is 1. The second-order valence-electron chi connectivity index (χ2n) is 11.0. The lowest BCUT2D eigenvalue weighted by Gasteiger charge is -2.39. The molecule has 33 heavy (non-hydrogen) atoms. The number of Topliss-reactive ketones (excluding diaryl/α,β-unsaturated/α-hetero) is 1. The molecule has 2 fully saturated rings. The molecule has 4 atom stereocenters. The van der Waals surface area contributed by atoms with Crippen molar-refractivity contribution in [1.82, 2.24) is 5.32 Å². The Morgan fingerprint density at radius 2 is 1.76 bits per heavy atom. The number of rotatable bonds is 7. The topological polar surface area (TPSA) is 84.9 Å². The van der Waals surface area contributed by atoms with Crippen molar-refractivity contribution in [3.05, 3.63) is 29.8 Å². The Labute approximate surface area is 196 Å². The van der Waals surface area contributed by atoms with Crippen molar-refractivity contribution < 1.29 is 24.0 Å². The zero-order valence-electron chi connectivity index (χ0n) is 20.6. The summed E-state index contributed by atoms with van der Waals surface area (Å²) in [6.07, 6.45) is 4.07. The van der Waals surface area contributed by atoms with Crippen molar-refractivity contribution in [3.63, 3.8) is 0 Å². The Bertz CT molecular complexity index is 966. The van der Waals surface area contributed by atoms with Gasteiger partial charge in [0.05, 0.1) is 29.7 Å². The molecular weight excluding hydrogens is 420 g/mol. The number of anilines is 1. The fourth-order valence-corrected chi connectivity index (χ4v) is 5.65. The molecule has 0 aromatic heterocycles. The quantitative estimate of drug-likeness (QED) is 0.629. The molecule has 1 saturated heterocycles. The number of carbonyl (C=O) groups is 3.